The van der Waals surface area contributed by atoms with Crippen molar-refractivity contribution in [2.24, 2.45) is 11.0 Å². The van der Waals surface area contributed by atoms with E-state index < -0.39 is 0 Å². The number of fused-ring (bicyclic) bond motifs is 1. The van der Waals surface area contributed by atoms with Crippen LogP contribution in [0.3, 0.4) is 0 Å². The lowest BCUT2D eigenvalue weighted by atomic mass is 9.82. The lowest BCUT2D eigenvalue weighted by Gasteiger charge is -2.27. The summed E-state index contributed by atoms with van der Waals surface area (Å²) in [5, 5.41) is 6.39. The van der Waals surface area contributed by atoms with Gasteiger partial charge in [0.2, 0.25) is 5.91 Å². The summed E-state index contributed by atoms with van der Waals surface area (Å²) < 4.78 is 0. The molecule has 2 aliphatic rings. The van der Waals surface area contributed by atoms with Crippen molar-refractivity contribution in [3.63, 3.8) is 0 Å². The second-order valence-corrected chi connectivity index (χ2v) is 5.87. The molecule has 2 atom stereocenters. The summed E-state index contributed by atoms with van der Waals surface area (Å²) >= 11 is 0. The van der Waals surface area contributed by atoms with Gasteiger partial charge in [0.25, 0.3) is 0 Å². The van der Waals surface area contributed by atoms with Crippen molar-refractivity contribution in [3.8, 4) is 0 Å². The molecule has 1 heterocycles. The largest absolute Gasteiger partial charge is 0.273 e. The van der Waals surface area contributed by atoms with E-state index in [9.17, 15) is 4.79 Å². The molecule has 0 saturated heterocycles. The molecule has 1 fully saturated rings. The lowest BCUT2D eigenvalue weighted by molar-refractivity contribution is -0.131. The first kappa shape index (κ1) is 13.3. The fourth-order valence-corrected chi connectivity index (χ4v) is 3.50. The molecule has 1 aromatic carbocycles. The van der Waals surface area contributed by atoms with Gasteiger partial charge in [-0.25, -0.2) is 5.01 Å². The summed E-state index contributed by atoms with van der Waals surface area (Å²) in [5.41, 5.74) is 2.46. The molecule has 3 nitrogen and oxygen atoms in total. The van der Waals surface area contributed by atoms with E-state index in [1.54, 1.807) is 11.9 Å². The summed E-state index contributed by atoms with van der Waals surface area (Å²) in [6.07, 6.45) is 7.27. The van der Waals surface area contributed by atoms with Crippen LogP contribution in [0, 0.1) is 5.92 Å². The topological polar surface area (TPSA) is 32.7 Å². The first-order chi connectivity index (χ1) is 9.77. The molecular weight excluding hydrogens is 248 g/mol. The van der Waals surface area contributed by atoms with Crippen LogP contribution in [0.2, 0.25) is 0 Å². The van der Waals surface area contributed by atoms with Gasteiger partial charge in [0, 0.05) is 18.6 Å². The number of amides is 1. The zero-order chi connectivity index (χ0) is 13.9. The van der Waals surface area contributed by atoms with E-state index in [0.29, 0.717) is 5.92 Å². The maximum absolute atomic E-state index is 12.0. The van der Waals surface area contributed by atoms with Crippen molar-refractivity contribution in [2.45, 2.75) is 51.5 Å². The van der Waals surface area contributed by atoms with E-state index in [2.05, 4.69) is 29.4 Å². The number of carbonyl (C=O) groups is 1. The summed E-state index contributed by atoms with van der Waals surface area (Å²) in [7, 11) is 0. The molecule has 0 N–H and O–H groups in total. The average molecular weight is 270 g/mol. The molecule has 20 heavy (non-hydrogen) atoms. The van der Waals surface area contributed by atoms with Gasteiger partial charge in [-0.2, -0.15) is 5.10 Å². The number of nitrogens with zero attached hydrogens (tertiary/aromatic N) is 2. The summed E-state index contributed by atoms with van der Waals surface area (Å²) in [6.45, 7) is 1.62. The van der Waals surface area contributed by atoms with Crippen LogP contribution in [-0.2, 0) is 4.79 Å². The van der Waals surface area contributed by atoms with Crippen molar-refractivity contribution in [3.05, 3.63) is 35.9 Å². The van der Waals surface area contributed by atoms with E-state index >= 15 is 0 Å². The van der Waals surface area contributed by atoms with Gasteiger partial charge in [-0.1, -0.05) is 49.6 Å². The minimum absolute atomic E-state index is 0.0538. The molecule has 0 aromatic heterocycles. The second-order valence-electron chi connectivity index (χ2n) is 5.87. The Kier molecular flexibility index (Phi) is 3.86. The van der Waals surface area contributed by atoms with Crippen LogP contribution in [0.25, 0.3) is 0 Å². The Morgan fingerprint density at radius 2 is 1.90 bits per heavy atom. The van der Waals surface area contributed by atoms with Gasteiger partial charge >= 0.3 is 0 Å². The van der Waals surface area contributed by atoms with Gasteiger partial charge in [0.1, 0.15) is 0 Å². The summed E-state index contributed by atoms with van der Waals surface area (Å²) in [5.74, 6) is 0.472. The molecule has 1 aliphatic heterocycles. The van der Waals surface area contributed by atoms with Gasteiger partial charge < -0.3 is 0 Å². The smallest absolute Gasteiger partial charge is 0.240 e. The quantitative estimate of drug-likeness (QED) is 0.761. The van der Waals surface area contributed by atoms with Crippen molar-refractivity contribution >= 4 is 11.6 Å². The third kappa shape index (κ3) is 2.49. The minimum Gasteiger partial charge on any atom is -0.273 e. The highest BCUT2D eigenvalue weighted by Gasteiger charge is 2.39. The third-order valence-corrected chi connectivity index (χ3v) is 4.47. The molecule has 1 saturated carbocycles. The molecule has 3 rings (SSSR count). The maximum atomic E-state index is 12.0. The molecule has 0 unspecified atom stereocenters. The number of hydrogen-bond acceptors (Lipinski definition) is 2. The molecule has 1 aliphatic carbocycles. The molecule has 0 bridgehead atoms. The molecule has 0 spiro atoms. The fourth-order valence-electron chi connectivity index (χ4n) is 3.50. The Morgan fingerprint density at radius 1 is 1.15 bits per heavy atom. The third-order valence-electron chi connectivity index (χ3n) is 4.47. The van der Waals surface area contributed by atoms with Crippen molar-refractivity contribution < 1.29 is 4.79 Å². The molecule has 1 amide bonds. The Bertz CT molecular complexity index is 509. The molecule has 106 valence electrons. The van der Waals surface area contributed by atoms with Crippen molar-refractivity contribution in [1.29, 1.82) is 0 Å². The maximum Gasteiger partial charge on any atom is 0.240 e. The number of rotatable bonds is 1. The first-order valence-electron chi connectivity index (χ1n) is 7.69. The van der Waals surface area contributed by atoms with Crippen molar-refractivity contribution in [2.75, 3.05) is 0 Å². The highest BCUT2D eigenvalue weighted by atomic mass is 16.2. The predicted octanol–water partition coefficient (Wildman–Crippen LogP) is 3.92. The van der Waals surface area contributed by atoms with E-state index in [4.69, 9.17) is 0 Å². The van der Waals surface area contributed by atoms with E-state index in [1.807, 2.05) is 6.07 Å². The average Bonchev–Trinajstić information content (AvgIpc) is 2.78. The first-order valence-corrected chi connectivity index (χ1v) is 7.69. The van der Waals surface area contributed by atoms with Crippen LogP contribution >= 0.6 is 0 Å². The van der Waals surface area contributed by atoms with Crippen LogP contribution < -0.4 is 0 Å². The Labute approximate surface area is 120 Å². The van der Waals surface area contributed by atoms with Gasteiger partial charge in [0.15, 0.2) is 0 Å². The highest BCUT2D eigenvalue weighted by molar-refractivity contribution is 5.91. The zero-order valence-electron chi connectivity index (χ0n) is 12.1. The second kappa shape index (κ2) is 5.78. The number of hydrogen-bond donors (Lipinski definition) is 0. The molecule has 3 heteroatoms. The van der Waals surface area contributed by atoms with Gasteiger partial charge in [-0.15, -0.1) is 0 Å². The predicted molar refractivity (Wildman–Crippen MR) is 80.3 cm³/mol. The number of carbonyl (C=O) groups excluding carboxylic acids is 1. The zero-order valence-corrected chi connectivity index (χ0v) is 12.1. The van der Waals surface area contributed by atoms with E-state index in [1.165, 1.54) is 37.0 Å². The molecule has 0 radical (unpaired) electrons. The Hall–Kier alpha value is -1.64. The van der Waals surface area contributed by atoms with Crippen molar-refractivity contribution in [1.82, 2.24) is 5.01 Å². The molecule has 1 aromatic rings. The lowest BCUT2D eigenvalue weighted by Crippen LogP contribution is -2.29. The van der Waals surface area contributed by atoms with Gasteiger partial charge in [0.05, 0.1) is 6.04 Å². The highest BCUT2D eigenvalue weighted by Crippen LogP contribution is 2.40. The monoisotopic (exact) mass is 270 g/mol. The molecular formula is C17H22N2O. The van der Waals surface area contributed by atoms with Crippen LogP contribution in [-0.4, -0.2) is 16.6 Å². The van der Waals surface area contributed by atoms with Crippen LogP contribution in [0.4, 0.5) is 0 Å². The van der Waals surface area contributed by atoms with E-state index in [0.717, 1.165) is 12.8 Å². The summed E-state index contributed by atoms with van der Waals surface area (Å²) in [6, 6.07) is 10.5. The standard InChI is InChI=1S/C17H22N2O/c1-13(20)19-17(14-9-5-4-6-10-14)15-11-7-2-3-8-12-16(15)18-19/h4-6,9-10,15,17H,2-3,7-8,11-12H2,1H3/t15-,17+/m1/s1. The number of benzene rings is 1. The van der Waals surface area contributed by atoms with Crippen LogP contribution in [0.15, 0.2) is 35.4 Å². The SMILES string of the molecule is CC(=O)N1N=C2CCCCCC[C@H]2[C@@H]1c1ccccc1. The van der Waals surface area contributed by atoms with Gasteiger partial charge in [-0.3, -0.25) is 4.79 Å². The normalized spacial score (nSPS) is 26.4. The fraction of sp³-hybridized carbons (Fsp3) is 0.529. The van der Waals surface area contributed by atoms with Crippen LogP contribution in [0.1, 0.15) is 57.1 Å². The number of hydrazone groups is 1. The Balaban J connectivity index is 1.95. The van der Waals surface area contributed by atoms with E-state index in [-0.39, 0.29) is 11.9 Å². The van der Waals surface area contributed by atoms with Gasteiger partial charge in [-0.05, 0) is 24.8 Å². The minimum atomic E-state index is 0.0538. The summed E-state index contributed by atoms with van der Waals surface area (Å²) in [4.78, 5) is 12.0. The van der Waals surface area contributed by atoms with Crippen LogP contribution in [0.5, 0.6) is 0 Å². The Morgan fingerprint density at radius 3 is 2.65 bits per heavy atom.